The largest absolute Gasteiger partial charge is 0.345 e. The van der Waals surface area contributed by atoms with Gasteiger partial charge in [-0.15, -0.1) is 11.3 Å². The van der Waals surface area contributed by atoms with Crippen molar-refractivity contribution in [3.8, 4) is 0 Å². The number of likely N-dealkylation sites (tertiary alicyclic amines) is 1. The molecule has 0 radical (unpaired) electrons. The Kier molecular flexibility index (Phi) is 5.27. The summed E-state index contributed by atoms with van der Waals surface area (Å²) in [5, 5.41) is 9.20. The van der Waals surface area contributed by atoms with Crippen LogP contribution in [-0.4, -0.2) is 59.0 Å². The summed E-state index contributed by atoms with van der Waals surface area (Å²) in [5.41, 5.74) is 3.66. The van der Waals surface area contributed by atoms with Crippen LogP contribution in [0.5, 0.6) is 0 Å². The summed E-state index contributed by atoms with van der Waals surface area (Å²) in [6, 6.07) is 0. The first kappa shape index (κ1) is 19.2. The number of piperidine rings is 1. The molecule has 1 saturated heterocycles. The Balaban J connectivity index is 1.53. The third-order valence-corrected chi connectivity index (χ3v) is 7.11. The van der Waals surface area contributed by atoms with E-state index in [0.29, 0.717) is 18.0 Å². The second-order valence-corrected chi connectivity index (χ2v) is 9.35. The molecular formula is C21H28N4O2S. The van der Waals surface area contributed by atoms with Crippen LogP contribution in [0.25, 0.3) is 0 Å². The normalized spacial score (nSPS) is 22.0. The molecule has 28 heavy (non-hydrogen) atoms. The first-order chi connectivity index (χ1) is 13.5. The molecule has 150 valence electrons. The zero-order valence-corrected chi connectivity index (χ0v) is 17.6. The molecule has 1 aliphatic heterocycles. The van der Waals surface area contributed by atoms with Gasteiger partial charge in [-0.25, -0.2) is 0 Å². The number of hydrogen-bond acceptors (Lipinski definition) is 4. The number of hydrogen-bond donors (Lipinski definition) is 1. The van der Waals surface area contributed by atoms with Crippen molar-refractivity contribution in [3.05, 3.63) is 38.8 Å². The molecule has 0 spiro atoms. The predicted molar refractivity (Wildman–Crippen MR) is 110 cm³/mol. The van der Waals surface area contributed by atoms with Crippen molar-refractivity contribution >= 4 is 23.2 Å². The number of nitrogens with one attached hydrogen (secondary N) is 1. The lowest BCUT2D eigenvalue weighted by molar-refractivity contribution is 0.0704. The van der Waals surface area contributed by atoms with Gasteiger partial charge in [0, 0.05) is 43.4 Å². The maximum Gasteiger partial charge on any atom is 0.256 e. The predicted octanol–water partition coefficient (Wildman–Crippen LogP) is 3.32. The smallest absolute Gasteiger partial charge is 0.256 e. The molecule has 1 N–H and O–H groups in total. The van der Waals surface area contributed by atoms with Gasteiger partial charge in [0.2, 0.25) is 0 Å². The summed E-state index contributed by atoms with van der Waals surface area (Å²) in [4.78, 5) is 30.7. The SMILES string of the molecule is C[C@@H]1CCc2c(C(=O)N3CCC[C@@H](c4[nH]ncc4C(=O)N(C)C)C3)csc2C1. The van der Waals surface area contributed by atoms with Crippen molar-refractivity contribution in [1.82, 2.24) is 20.0 Å². The summed E-state index contributed by atoms with van der Waals surface area (Å²) in [6.45, 7) is 3.70. The van der Waals surface area contributed by atoms with Crippen LogP contribution in [0.3, 0.4) is 0 Å². The Morgan fingerprint density at radius 2 is 2.11 bits per heavy atom. The molecule has 2 atom stereocenters. The van der Waals surface area contributed by atoms with Crippen molar-refractivity contribution in [2.45, 2.75) is 44.9 Å². The minimum atomic E-state index is -0.0479. The van der Waals surface area contributed by atoms with Crippen molar-refractivity contribution < 1.29 is 9.59 Å². The van der Waals surface area contributed by atoms with E-state index in [1.54, 1.807) is 36.5 Å². The third kappa shape index (κ3) is 3.48. The molecule has 1 fully saturated rings. The van der Waals surface area contributed by atoms with Gasteiger partial charge in [-0.1, -0.05) is 6.92 Å². The summed E-state index contributed by atoms with van der Waals surface area (Å²) >= 11 is 1.74. The molecule has 2 aromatic heterocycles. The summed E-state index contributed by atoms with van der Waals surface area (Å²) in [5.74, 6) is 0.931. The Hall–Kier alpha value is -2.15. The van der Waals surface area contributed by atoms with E-state index in [1.165, 1.54) is 10.4 Å². The number of H-pyrrole nitrogens is 1. The number of nitrogens with zero attached hydrogens (tertiary/aromatic N) is 3. The molecule has 0 saturated carbocycles. The van der Waals surface area contributed by atoms with Crippen LogP contribution in [0.4, 0.5) is 0 Å². The summed E-state index contributed by atoms with van der Waals surface area (Å²) in [7, 11) is 3.49. The fourth-order valence-electron chi connectivity index (χ4n) is 4.44. The molecule has 0 unspecified atom stereocenters. The zero-order valence-electron chi connectivity index (χ0n) is 16.8. The van der Waals surface area contributed by atoms with Crippen LogP contribution < -0.4 is 0 Å². The number of carbonyl (C=O) groups excluding carboxylic acids is 2. The van der Waals surface area contributed by atoms with Gasteiger partial charge in [-0.05, 0) is 43.6 Å². The van der Waals surface area contributed by atoms with Crippen LogP contribution in [0, 0.1) is 5.92 Å². The Bertz CT molecular complexity index is 885. The topological polar surface area (TPSA) is 69.3 Å². The van der Waals surface area contributed by atoms with Gasteiger partial charge in [-0.2, -0.15) is 5.10 Å². The fraction of sp³-hybridized carbons (Fsp3) is 0.571. The Morgan fingerprint density at radius 1 is 1.29 bits per heavy atom. The zero-order chi connectivity index (χ0) is 19.8. The number of amides is 2. The van der Waals surface area contributed by atoms with Gasteiger partial charge in [-0.3, -0.25) is 14.7 Å². The van der Waals surface area contributed by atoms with E-state index in [2.05, 4.69) is 22.5 Å². The molecule has 0 bridgehead atoms. The molecule has 2 aliphatic rings. The minimum absolute atomic E-state index is 0.0479. The molecule has 3 heterocycles. The average molecular weight is 401 g/mol. The minimum Gasteiger partial charge on any atom is -0.345 e. The molecule has 2 amide bonds. The monoisotopic (exact) mass is 400 g/mol. The van der Waals surface area contributed by atoms with Gasteiger partial charge >= 0.3 is 0 Å². The number of carbonyl (C=O) groups is 2. The molecule has 4 rings (SSSR count). The Morgan fingerprint density at radius 3 is 2.89 bits per heavy atom. The molecule has 7 heteroatoms. The molecule has 1 aliphatic carbocycles. The first-order valence-corrected chi connectivity index (χ1v) is 11.0. The van der Waals surface area contributed by atoms with E-state index in [-0.39, 0.29) is 17.7 Å². The van der Waals surface area contributed by atoms with Gasteiger partial charge in [0.25, 0.3) is 11.8 Å². The van der Waals surface area contributed by atoms with Crippen molar-refractivity contribution in [3.63, 3.8) is 0 Å². The van der Waals surface area contributed by atoms with Gasteiger partial charge < -0.3 is 9.80 Å². The third-order valence-electron chi connectivity index (χ3n) is 6.05. The highest BCUT2D eigenvalue weighted by Crippen LogP contribution is 2.35. The lowest BCUT2D eigenvalue weighted by Gasteiger charge is -2.33. The van der Waals surface area contributed by atoms with Gasteiger partial charge in [0.05, 0.1) is 23.0 Å². The molecule has 2 aromatic rings. The summed E-state index contributed by atoms with van der Waals surface area (Å²) < 4.78 is 0. The number of thiophene rings is 1. The van der Waals surface area contributed by atoms with Crippen LogP contribution in [0.1, 0.15) is 69.0 Å². The van der Waals surface area contributed by atoms with E-state index >= 15 is 0 Å². The lowest BCUT2D eigenvalue weighted by atomic mass is 9.87. The highest BCUT2D eigenvalue weighted by molar-refractivity contribution is 7.10. The van der Waals surface area contributed by atoms with Crippen LogP contribution in [-0.2, 0) is 12.8 Å². The van der Waals surface area contributed by atoms with Crippen molar-refractivity contribution in [2.75, 3.05) is 27.2 Å². The maximum atomic E-state index is 13.3. The van der Waals surface area contributed by atoms with E-state index < -0.39 is 0 Å². The van der Waals surface area contributed by atoms with Crippen molar-refractivity contribution in [1.29, 1.82) is 0 Å². The molecule has 6 nitrogen and oxygen atoms in total. The lowest BCUT2D eigenvalue weighted by Crippen LogP contribution is -2.40. The van der Waals surface area contributed by atoms with Gasteiger partial charge in [0.15, 0.2) is 0 Å². The van der Waals surface area contributed by atoms with E-state index in [4.69, 9.17) is 0 Å². The highest BCUT2D eigenvalue weighted by Gasteiger charge is 2.32. The van der Waals surface area contributed by atoms with Crippen LogP contribution >= 0.6 is 11.3 Å². The number of aromatic amines is 1. The van der Waals surface area contributed by atoms with Gasteiger partial charge in [0.1, 0.15) is 0 Å². The molecular weight excluding hydrogens is 372 g/mol. The van der Waals surface area contributed by atoms with E-state index in [0.717, 1.165) is 49.9 Å². The number of rotatable bonds is 3. The number of fused-ring (bicyclic) bond motifs is 1. The maximum absolute atomic E-state index is 13.3. The Labute approximate surface area is 169 Å². The summed E-state index contributed by atoms with van der Waals surface area (Å²) in [6.07, 6.45) is 6.78. The van der Waals surface area contributed by atoms with Crippen LogP contribution in [0.15, 0.2) is 11.6 Å². The molecule has 0 aromatic carbocycles. The quantitative estimate of drug-likeness (QED) is 0.859. The fourth-order valence-corrected chi connectivity index (χ4v) is 5.68. The average Bonchev–Trinajstić information content (AvgIpc) is 3.33. The highest BCUT2D eigenvalue weighted by atomic mass is 32.1. The number of aromatic nitrogens is 2. The second kappa shape index (κ2) is 7.70. The second-order valence-electron chi connectivity index (χ2n) is 8.39. The first-order valence-electron chi connectivity index (χ1n) is 10.1. The van der Waals surface area contributed by atoms with Crippen molar-refractivity contribution in [2.24, 2.45) is 5.92 Å². The standard InChI is InChI=1S/C21H28N4O2S/c1-13-6-7-15-17(12-28-18(15)9-13)21(27)25-8-4-5-14(11-25)19-16(10-22-23-19)20(26)24(2)3/h10,12-14H,4-9,11H2,1-3H3,(H,22,23)/t13-,14-/m1/s1. The van der Waals surface area contributed by atoms with E-state index in [9.17, 15) is 9.59 Å². The van der Waals surface area contributed by atoms with Crippen LogP contribution in [0.2, 0.25) is 0 Å². The van der Waals surface area contributed by atoms with E-state index in [1.807, 2.05) is 4.90 Å².